The molecule has 0 unspecified atom stereocenters. The molecule has 1 aliphatic rings. The van der Waals surface area contributed by atoms with Crippen LogP contribution in [0.1, 0.15) is 30.1 Å². The number of methoxy groups -OCH3 is 1. The van der Waals surface area contributed by atoms with Gasteiger partial charge in [0.05, 0.1) is 19.8 Å². The molecule has 1 aromatic rings. The van der Waals surface area contributed by atoms with E-state index in [2.05, 4.69) is 10.6 Å². The standard InChI is InChI=1S/C18H26N2O5/c1-3-25-16-12-24-10-8-15(16)20-17(21)7-9-19-18(22)13-5-4-6-14(11-13)23-2/h4-6,11,15-16H,3,7-10,12H2,1-2H3,(H,19,22)(H,20,21)/t15-,16-/m1/s1. The van der Waals surface area contributed by atoms with Gasteiger partial charge in [-0.05, 0) is 31.5 Å². The van der Waals surface area contributed by atoms with E-state index in [0.717, 1.165) is 6.42 Å². The van der Waals surface area contributed by atoms with Crippen molar-refractivity contribution in [3.8, 4) is 5.75 Å². The van der Waals surface area contributed by atoms with E-state index in [0.29, 0.717) is 31.1 Å². The monoisotopic (exact) mass is 350 g/mol. The Morgan fingerprint density at radius 2 is 2.20 bits per heavy atom. The molecule has 0 spiro atoms. The van der Waals surface area contributed by atoms with Gasteiger partial charge >= 0.3 is 0 Å². The lowest BCUT2D eigenvalue weighted by Gasteiger charge is -2.31. The highest BCUT2D eigenvalue weighted by atomic mass is 16.5. The van der Waals surface area contributed by atoms with Gasteiger partial charge in [-0.3, -0.25) is 9.59 Å². The van der Waals surface area contributed by atoms with Gasteiger partial charge in [-0.1, -0.05) is 6.07 Å². The van der Waals surface area contributed by atoms with Gasteiger partial charge < -0.3 is 24.8 Å². The van der Waals surface area contributed by atoms with Crippen molar-refractivity contribution >= 4 is 11.8 Å². The molecule has 0 aliphatic carbocycles. The minimum absolute atomic E-state index is 0.0460. The molecular formula is C18H26N2O5. The SMILES string of the molecule is CCO[C@@H]1COCC[C@H]1NC(=O)CCNC(=O)c1cccc(OC)c1. The van der Waals surface area contributed by atoms with Crippen molar-refractivity contribution in [1.29, 1.82) is 0 Å². The summed E-state index contributed by atoms with van der Waals surface area (Å²) in [6, 6.07) is 6.83. The average molecular weight is 350 g/mol. The molecule has 7 nitrogen and oxygen atoms in total. The Bertz CT molecular complexity index is 576. The summed E-state index contributed by atoms with van der Waals surface area (Å²) in [6.45, 7) is 3.87. The maximum absolute atomic E-state index is 12.1. The summed E-state index contributed by atoms with van der Waals surface area (Å²) in [5, 5.41) is 5.71. The Morgan fingerprint density at radius 1 is 1.36 bits per heavy atom. The summed E-state index contributed by atoms with van der Waals surface area (Å²) in [6.07, 6.45) is 0.826. The Balaban J connectivity index is 1.74. The molecular weight excluding hydrogens is 324 g/mol. The van der Waals surface area contributed by atoms with Gasteiger partial charge in [0.2, 0.25) is 5.91 Å². The highest BCUT2D eigenvalue weighted by molar-refractivity contribution is 5.94. The van der Waals surface area contributed by atoms with Crippen LogP contribution in [0.5, 0.6) is 5.75 Å². The molecule has 1 saturated heterocycles. The molecule has 0 radical (unpaired) electrons. The average Bonchev–Trinajstić information content (AvgIpc) is 2.63. The summed E-state index contributed by atoms with van der Waals surface area (Å²) in [5.74, 6) is 0.277. The number of hydrogen-bond acceptors (Lipinski definition) is 5. The summed E-state index contributed by atoms with van der Waals surface area (Å²) in [7, 11) is 1.55. The fourth-order valence-corrected chi connectivity index (χ4v) is 2.69. The summed E-state index contributed by atoms with van der Waals surface area (Å²) in [4.78, 5) is 24.2. The lowest BCUT2D eigenvalue weighted by Crippen LogP contribution is -2.50. The highest BCUT2D eigenvalue weighted by Gasteiger charge is 2.27. The van der Waals surface area contributed by atoms with Gasteiger partial charge in [-0.15, -0.1) is 0 Å². The van der Waals surface area contributed by atoms with Crippen molar-refractivity contribution in [3.05, 3.63) is 29.8 Å². The maximum atomic E-state index is 12.1. The van der Waals surface area contributed by atoms with E-state index in [1.54, 1.807) is 31.4 Å². The van der Waals surface area contributed by atoms with Crippen molar-refractivity contribution in [2.75, 3.05) is 33.5 Å². The number of benzene rings is 1. The molecule has 1 aliphatic heterocycles. The molecule has 1 heterocycles. The van der Waals surface area contributed by atoms with Crippen LogP contribution >= 0.6 is 0 Å². The second-order valence-corrected chi connectivity index (χ2v) is 5.77. The first-order valence-corrected chi connectivity index (χ1v) is 8.55. The Morgan fingerprint density at radius 3 is 2.96 bits per heavy atom. The first-order chi connectivity index (χ1) is 12.1. The van der Waals surface area contributed by atoms with Crippen molar-refractivity contribution in [2.45, 2.75) is 31.9 Å². The van der Waals surface area contributed by atoms with Crippen molar-refractivity contribution in [2.24, 2.45) is 0 Å². The van der Waals surface area contributed by atoms with Crippen LogP contribution in [0.3, 0.4) is 0 Å². The number of hydrogen-bond donors (Lipinski definition) is 2. The number of nitrogens with one attached hydrogen (secondary N) is 2. The van der Waals surface area contributed by atoms with E-state index in [1.807, 2.05) is 6.92 Å². The van der Waals surface area contributed by atoms with E-state index >= 15 is 0 Å². The number of amides is 2. The van der Waals surface area contributed by atoms with Crippen LogP contribution < -0.4 is 15.4 Å². The zero-order valence-corrected chi connectivity index (χ0v) is 14.7. The molecule has 25 heavy (non-hydrogen) atoms. The predicted molar refractivity (Wildman–Crippen MR) is 92.7 cm³/mol. The fourth-order valence-electron chi connectivity index (χ4n) is 2.69. The largest absolute Gasteiger partial charge is 0.497 e. The first kappa shape index (κ1) is 19.2. The van der Waals surface area contributed by atoms with Gasteiger partial charge in [0, 0.05) is 31.7 Å². The van der Waals surface area contributed by atoms with Gasteiger partial charge in [-0.25, -0.2) is 0 Å². The van der Waals surface area contributed by atoms with Crippen LogP contribution in [0.15, 0.2) is 24.3 Å². The second-order valence-electron chi connectivity index (χ2n) is 5.77. The molecule has 7 heteroatoms. The van der Waals surface area contributed by atoms with Gasteiger partial charge in [0.25, 0.3) is 5.91 Å². The smallest absolute Gasteiger partial charge is 0.251 e. The molecule has 0 saturated carbocycles. The Kier molecular flexibility index (Phi) is 7.69. The zero-order valence-electron chi connectivity index (χ0n) is 14.7. The zero-order chi connectivity index (χ0) is 18.1. The number of ether oxygens (including phenoxy) is 3. The third kappa shape index (κ3) is 6.03. The van der Waals surface area contributed by atoms with Crippen molar-refractivity contribution < 1.29 is 23.8 Å². The first-order valence-electron chi connectivity index (χ1n) is 8.55. The van der Waals surface area contributed by atoms with Gasteiger partial charge in [-0.2, -0.15) is 0 Å². The molecule has 0 bridgehead atoms. The van der Waals surface area contributed by atoms with E-state index in [-0.39, 0.29) is 36.9 Å². The molecule has 2 atom stereocenters. The van der Waals surface area contributed by atoms with Gasteiger partial charge in [0.1, 0.15) is 11.9 Å². The predicted octanol–water partition coefficient (Wildman–Crippen LogP) is 1.13. The molecule has 1 aromatic carbocycles. The number of carbonyl (C=O) groups is 2. The second kappa shape index (κ2) is 10.0. The Hall–Kier alpha value is -2.12. The maximum Gasteiger partial charge on any atom is 0.251 e. The van der Waals surface area contributed by atoms with Gasteiger partial charge in [0.15, 0.2) is 0 Å². The van der Waals surface area contributed by atoms with Crippen LogP contribution in [0.2, 0.25) is 0 Å². The van der Waals surface area contributed by atoms with E-state index in [9.17, 15) is 9.59 Å². The van der Waals surface area contributed by atoms with Crippen molar-refractivity contribution in [1.82, 2.24) is 10.6 Å². The summed E-state index contributed by atoms with van der Waals surface area (Å²) < 4.78 is 16.1. The normalized spacial score (nSPS) is 19.9. The summed E-state index contributed by atoms with van der Waals surface area (Å²) in [5.41, 5.74) is 0.501. The van der Waals surface area contributed by atoms with E-state index < -0.39 is 0 Å². The Labute approximate surface area is 148 Å². The number of rotatable bonds is 8. The third-order valence-electron chi connectivity index (χ3n) is 4.00. The third-order valence-corrected chi connectivity index (χ3v) is 4.00. The van der Waals surface area contributed by atoms with Crippen LogP contribution in [-0.2, 0) is 14.3 Å². The quantitative estimate of drug-likeness (QED) is 0.734. The van der Waals surface area contributed by atoms with E-state index in [4.69, 9.17) is 14.2 Å². The minimum Gasteiger partial charge on any atom is -0.497 e. The lowest BCUT2D eigenvalue weighted by atomic mass is 10.1. The minimum atomic E-state index is -0.232. The van der Waals surface area contributed by atoms with Crippen molar-refractivity contribution in [3.63, 3.8) is 0 Å². The molecule has 0 aromatic heterocycles. The van der Waals surface area contributed by atoms with Crippen LogP contribution in [0, 0.1) is 0 Å². The molecule has 138 valence electrons. The topological polar surface area (TPSA) is 85.9 Å². The highest BCUT2D eigenvalue weighted by Crippen LogP contribution is 2.13. The number of carbonyl (C=O) groups excluding carboxylic acids is 2. The summed E-state index contributed by atoms with van der Waals surface area (Å²) >= 11 is 0. The van der Waals surface area contributed by atoms with Crippen LogP contribution in [-0.4, -0.2) is 57.4 Å². The van der Waals surface area contributed by atoms with Crippen LogP contribution in [0.4, 0.5) is 0 Å². The lowest BCUT2D eigenvalue weighted by molar-refractivity contribution is -0.125. The van der Waals surface area contributed by atoms with E-state index in [1.165, 1.54) is 0 Å². The fraction of sp³-hybridized carbons (Fsp3) is 0.556. The van der Waals surface area contributed by atoms with Crippen LogP contribution in [0.25, 0.3) is 0 Å². The molecule has 2 amide bonds. The molecule has 1 fully saturated rings. The molecule has 2 N–H and O–H groups in total. The molecule has 2 rings (SSSR count).